The first-order chi connectivity index (χ1) is 16.4. The molecule has 1 aromatic heterocycles. The Morgan fingerprint density at radius 3 is 2.91 bits per heavy atom. The molecule has 2 atom stereocenters. The lowest BCUT2D eigenvalue weighted by molar-refractivity contribution is 0.143. The monoisotopic (exact) mass is 473 g/mol. The minimum absolute atomic E-state index is 0.0241. The largest absolute Gasteiger partial charge is 0.495 e. The van der Waals surface area contributed by atoms with Crippen LogP contribution in [0.25, 0.3) is 16.0 Å². The van der Waals surface area contributed by atoms with E-state index < -0.39 is 0 Å². The topological polar surface area (TPSA) is 78.2 Å². The van der Waals surface area contributed by atoms with Crippen LogP contribution in [-0.4, -0.2) is 22.8 Å². The summed E-state index contributed by atoms with van der Waals surface area (Å²) in [4.78, 5) is 5.83. The molecule has 0 spiro atoms. The molecule has 1 unspecified atom stereocenters. The van der Waals surface area contributed by atoms with Gasteiger partial charge in [-0.05, 0) is 61.6 Å². The average Bonchev–Trinajstić information content (AvgIpc) is 3.42. The second kappa shape index (κ2) is 10.4. The molecule has 4 rings (SSSR count). The summed E-state index contributed by atoms with van der Waals surface area (Å²) in [7, 11) is 0. The average molecular weight is 474 g/mol. The van der Waals surface area contributed by atoms with Gasteiger partial charge in [-0.25, -0.2) is 4.98 Å². The first-order valence-corrected chi connectivity index (χ1v) is 12.5. The summed E-state index contributed by atoms with van der Waals surface area (Å²) in [6.07, 6.45) is 10.3. The number of benzene rings is 1. The molecule has 0 saturated heterocycles. The molecule has 2 N–H and O–H groups in total. The van der Waals surface area contributed by atoms with E-state index in [0.717, 1.165) is 39.8 Å². The highest BCUT2D eigenvalue weighted by Gasteiger charge is 2.26. The smallest absolute Gasteiger partial charge is 0.123 e. The summed E-state index contributed by atoms with van der Waals surface area (Å²) in [6.45, 7) is 10.2. The minimum atomic E-state index is 0.0241. The van der Waals surface area contributed by atoms with Gasteiger partial charge in [-0.15, -0.1) is 11.3 Å². The number of nitrogens with one attached hydrogen (secondary N) is 1. The van der Waals surface area contributed by atoms with Gasteiger partial charge in [0.25, 0.3) is 0 Å². The van der Waals surface area contributed by atoms with Gasteiger partial charge in [-0.1, -0.05) is 31.7 Å². The fraction of sp³-hybridized carbons (Fsp3) is 0.357. The molecule has 1 heterocycles. The van der Waals surface area contributed by atoms with Crippen molar-refractivity contribution >= 4 is 16.9 Å². The Hall–Kier alpha value is -3.14. The number of hydrogen-bond acceptors (Lipinski definition) is 6. The van der Waals surface area contributed by atoms with Crippen LogP contribution in [0.1, 0.15) is 55.8 Å². The predicted molar refractivity (Wildman–Crippen MR) is 138 cm³/mol. The lowest BCUT2D eigenvalue weighted by Gasteiger charge is -2.21. The van der Waals surface area contributed by atoms with Gasteiger partial charge in [0.15, 0.2) is 0 Å². The Labute approximate surface area is 205 Å². The van der Waals surface area contributed by atoms with Crippen LogP contribution < -0.4 is 5.32 Å². The molecule has 0 fully saturated rings. The Bertz CT molecular complexity index is 1210. The number of nitrogens with zero attached hydrogens (tertiary/aromatic N) is 2. The van der Waals surface area contributed by atoms with Crippen molar-refractivity contribution in [2.45, 2.75) is 52.2 Å². The number of hydrogen-bond donors (Lipinski definition) is 2. The normalized spacial score (nSPS) is 18.2. The number of thiazole rings is 1. The van der Waals surface area contributed by atoms with E-state index in [9.17, 15) is 10.4 Å². The van der Waals surface area contributed by atoms with E-state index in [1.807, 2.05) is 45.2 Å². The van der Waals surface area contributed by atoms with Crippen LogP contribution in [0.4, 0.5) is 0 Å². The molecule has 6 heteroatoms. The lowest BCUT2D eigenvalue weighted by atomic mass is 10.0. The minimum Gasteiger partial charge on any atom is -0.495 e. The van der Waals surface area contributed by atoms with Gasteiger partial charge in [-0.2, -0.15) is 5.26 Å². The third-order valence-corrected chi connectivity index (χ3v) is 7.27. The summed E-state index contributed by atoms with van der Waals surface area (Å²) in [5.41, 5.74) is 6.31. The highest BCUT2D eigenvalue weighted by molar-refractivity contribution is 7.16. The number of aliphatic hydroxyl groups excluding tert-OH is 1. The molecule has 0 bridgehead atoms. The molecule has 34 heavy (non-hydrogen) atoms. The third kappa shape index (κ3) is 5.16. The second-order valence-corrected chi connectivity index (χ2v) is 10.2. The maximum Gasteiger partial charge on any atom is 0.123 e. The fourth-order valence-corrected chi connectivity index (χ4v) is 5.31. The molecular weight excluding hydrogens is 442 g/mol. The third-order valence-electron chi connectivity index (χ3n) is 6.19. The van der Waals surface area contributed by atoms with Crippen LogP contribution in [0.15, 0.2) is 66.2 Å². The van der Waals surface area contributed by atoms with E-state index in [4.69, 9.17) is 9.72 Å². The van der Waals surface area contributed by atoms with Crippen LogP contribution in [0.3, 0.4) is 0 Å². The molecule has 2 aliphatic carbocycles. The Morgan fingerprint density at radius 1 is 1.35 bits per heavy atom. The number of rotatable bonds is 8. The number of ether oxygens (including phenoxy) is 1. The maximum atomic E-state index is 9.59. The molecule has 5 nitrogen and oxygen atoms in total. The molecular formula is C28H31N3O2S. The highest BCUT2D eigenvalue weighted by Crippen LogP contribution is 2.41. The van der Waals surface area contributed by atoms with Gasteiger partial charge in [0.1, 0.15) is 10.8 Å². The van der Waals surface area contributed by atoms with Crippen molar-refractivity contribution in [3.63, 3.8) is 0 Å². The first-order valence-electron chi connectivity index (χ1n) is 11.7. The highest BCUT2D eigenvalue weighted by atomic mass is 32.1. The number of fused-ring (bicyclic) bond motifs is 1. The zero-order chi connectivity index (χ0) is 24.2. The zero-order valence-electron chi connectivity index (χ0n) is 20.0. The van der Waals surface area contributed by atoms with Crippen LogP contribution in [-0.2, 0) is 11.2 Å². The summed E-state index contributed by atoms with van der Waals surface area (Å²) in [6, 6.07) is 8.95. The van der Waals surface area contributed by atoms with Crippen molar-refractivity contribution in [3.05, 3.63) is 82.4 Å². The quantitative estimate of drug-likeness (QED) is 0.486. The maximum absolute atomic E-state index is 9.59. The van der Waals surface area contributed by atoms with Crippen molar-refractivity contribution in [2.75, 3.05) is 6.61 Å². The number of aliphatic hydroxyl groups is 1. The van der Waals surface area contributed by atoms with Gasteiger partial charge in [0, 0.05) is 35.4 Å². The van der Waals surface area contributed by atoms with Crippen LogP contribution in [0.5, 0.6) is 0 Å². The summed E-state index contributed by atoms with van der Waals surface area (Å²) >= 11 is 1.64. The summed E-state index contributed by atoms with van der Waals surface area (Å²) in [5.74, 6) is 0.821. The van der Waals surface area contributed by atoms with Gasteiger partial charge in [-0.3, -0.25) is 0 Å². The van der Waals surface area contributed by atoms with Crippen molar-refractivity contribution in [1.29, 1.82) is 5.26 Å². The standard InChI is InChI=1S/C28H31N3O2S/c1-17(2)33-22-9-8-21(12-20(13-22)14-29)28-30-15-27(34-28)25-7-5-6-24-23(25)10-11-26(24)31-19(4)18(3)16-32/h5-9,12,15,17-18,26,31-32H,4,10-11,13,16H2,1-3H3/t18?,26-/m1/s1. The van der Waals surface area contributed by atoms with Crippen molar-refractivity contribution < 1.29 is 9.84 Å². The van der Waals surface area contributed by atoms with E-state index >= 15 is 0 Å². The van der Waals surface area contributed by atoms with Crippen LogP contribution in [0.2, 0.25) is 0 Å². The van der Waals surface area contributed by atoms with Gasteiger partial charge in [0.2, 0.25) is 0 Å². The zero-order valence-corrected chi connectivity index (χ0v) is 20.8. The molecule has 2 aromatic rings. The molecule has 2 aliphatic rings. The molecule has 0 aliphatic heterocycles. The summed E-state index contributed by atoms with van der Waals surface area (Å²) < 4.78 is 5.85. The van der Waals surface area contributed by atoms with E-state index in [2.05, 4.69) is 36.2 Å². The fourth-order valence-electron chi connectivity index (χ4n) is 4.35. The van der Waals surface area contributed by atoms with Gasteiger partial charge in [0.05, 0.1) is 29.7 Å². The van der Waals surface area contributed by atoms with Crippen molar-refractivity contribution in [1.82, 2.24) is 10.3 Å². The number of aromatic nitrogens is 1. The molecule has 0 radical (unpaired) electrons. The van der Waals surface area contributed by atoms with E-state index in [-0.39, 0.29) is 24.7 Å². The number of allylic oxidation sites excluding steroid dienone is 5. The predicted octanol–water partition coefficient (Wildman–Crippen LogP) is 6.08. The lowest BCUT2D eigenvalue weighted by Crippen LogP contribution is -2.23. The molecule has 1 aromatic carbocycles. The van der Waals surface area contributed by atoms with E-state index in [1.165, 1.54) is 16.7 Å². The summed E-state index contributed by atoms with van der Waals surface area (Å²) in [5, 5.41) is 23.4. The second-order valence-electron chi connectivity index (χ2n) is 9.13. The van der Waals surface area contributed by atoms with Gasteiger partial charge < -0.3 is 15.2 Å². The van der Waals surface area contributed by atoms with Crippen molar-refractivity contribution in [2.24, 2.45) is 5.92 Å². The van der Waals surface area contributed by atoms with E-state index in [0.29, 0.717) is 12.0 Å². The van der Waals surface area contributed by atoms with Crippen LogP contribution in [0, 0.1) is 17.2 Å². The Balaban J connectivity index is 1.61. The van der Waals surface area contributed by atoms with E-state index in [1.54, 1.807) is 11.3 Å². The first kappa shape index (κ1) is 24.0. The van der Waals surface area contributed by atoms with Crippen molar-refractivity contribution in [3.8, 4) is 16.5 Å². The molecule has 0 saturated carbocycles. The SMILES string of the molecule is C=C(N[C@@H]1CCc2c(-c3cnc(C4=CC=C(OC(C)C)CC(C#N)=C4)s3)cccc21)C(C)CO. The Morgan fingerprint density at radius 2 is 2.18 bits per heavy atom. The Kier molecular flexibility index (Phi) is 7.35. The molecule has 0 amide bonds. The molecule has 176 valence electrons. The number of nitriles is 1. The van der Waals surface area contributed by atoms with Gasteiger partial charge >= 0.3 is 0 Å². The van der Waals surface area contributed by atoms with Crippen LogP contribution >= 0.6 is 11.3 Å².